The molecule has 0 unspecified atom stereocenters. The van der Waals surface area contributed by atoms with E-state index in [9.17, 15) is 4.79 Å². The van der Waals surface area contributed by atoms with Gasteiger partial charge in [0.05, 0.1) is 11.7 Å². The van der Waals surface area contributed by atoms with Crippen LogP contribution in [0, 0.1) is 11.8 Å². The van der Waals surface area contributed by atoms with Crippen LogP contribution in [0.2, 0.25) is 0 Å². The first-order chi connectivity index (χ1) is 11.0. The molecule has 0 bridgehead atoms. The first-order valence-electron chi connectivity index (χ1n) is 8.59. The van der Waals surface area contributed by atoms with Crippen LogP contribution < -0.4 is 5.73 Å². The standard InChI is InChI=1S/C16H29N5O2/c1-3-12(2)15(17)16(23)20-7-4-13(5-8-20)10-21-11-14(6-9-22)18-19-21/h11-13,15,22H,3-10,17H2,1-2H3/t12-,15-/m0/s1. The lowest BCUT2D eigenvalue weighted by Gasteiger charge is -2.34. The highest BCUT2D eigenvalue weighted by Gasteiger charge is 2.28. The van der Waals surface area contributed by atoms with Gasteiger partial charge in [0.15, 0.2) is 0 Å². The molecule has 0 aliphatic carbocycles. The SMILES string of the molecule is CC[C@H](C)[C@H](N)C(=O)N1CCC(Cn2cc(CCO)nn2)CC1. The molecular weight excluding hydrogens is 294 g/mol. The topological polar surface area (TPSA) is 97.3 Å². The van der Waals surface area contributed by atoms with Crippen LogP contribution in [0.3, 0.4) is 0 Å². The Morgan fingerprint density at radius 1 is 1.48 bits per heavy atom. The van der Waals surface area contributed by atoms with Crippen molar-refractivity contribution in [3.63, 3.8) is 0 Å². The Kier molecular flexibility index (Phi) is 6.53. The summed E-state index contributed by atoms with van der Waals surface area (Å²) in [5, 5.41) is 17.0. The zero-order valence-corrected chi connectivity index (χ0v) is 14.2. The number of piperidine rings is 1. The summed E-state index contributed by atoms with van der Waals surface area (Å²) in [6.07, 6.45) is 5.29. The molecule has 130 valence electrons. The van der Waals surface area contributed by atoms with E-state index in [-0.39, 0.29) is 24.5 Å². The second kappa shape index (κ2) is 8.40. The van der Waals surface area contributed by atoms with E-state index in [1.54, 1.807) is 0 Å². The van der Waals surface area contributed by atoms with E-state index in [0.29, 0.717) is 12.3 Å². The minimum absolute atomic E-state index is 0.0868. The number of hydrogen-bond acceptors (Lipinski definition) is 5. The maximum absolute atomic E-state index is 12.4. The zero-order valence-electron chi connectivity index (χ0n) is 14.2. The fraction of sp³-hybridized carbons (Fsp3) is 0.812. The highest BCUT2D eigenvalue weighted by molar-refractivity contribution is 5.82. The molecular formula is C16H29N5O2. The summed E-state index contributed by atoms with van der Waals surface area (Å²) in [6, 6.07) is -0.382. The molecule has 3 N–H and O–H groups in total. The van der Waals surface area contributed by atoms with Crippen molar-refractivity contribution in [2.45, 2.75) is 52.1 Å². The summed E-state index contributed by atoms with van der Waals surface area (Å²) in [5.41, 5.74) is 6.88. The number of aliphatic hydroxyl groups is 1. The molecule has 7 nitrogen and oxygen atoms in total. The van der Waals surface area contributed by atoms with Gasteiger partial charge in [0, 0.05) is 38.9 Å². The van der Waals surface area contributed by atoms with Gasteiger partial charge in [-0.1, -0.05) is 25.5 Å². The van der Waals surface area contributed by atoms with Gasteiger partial charge in [-0.15, -0.1) is 5.10 Å². The normalized spacial score (nSPS) is 18.9. The maximum Gasteiger partial charge on any atom is 0.239 e. The van der Waals surface area contributed by atoms with E-state index in [0.717, 1.165) is 44.6 Å². The molecule has 1 fully saturated rings. The van der Waals surface area contributed by atoms with Crippen molar-refractivity contribution < 1.29 is 9.90 Å². The first-order valence-corrected chi connectivity index (χ1v) is 8.59. The molecule has 0 saturated carbocycles. The van der Waals surface area contributed by atoms with Crippen LogP contribution in [0.1, 0.15) is 38.8 Å². The molecule has 0 radical (unpaired) electrons. The quantitative estimate of drug-likeness (QED) is 0.758. The average Bonchev–Trinajstić information content (AvgIpc) is 3.01. The molecule has 0 spiro atoms. The zero-order chi connectivity index (χ0) is 16.8. The Morgan fingerprint density at radius 3 is 2.78 bits per heavy atom. The highest BCUT2D eigenvalue weighted by atomic mass is 16.3. The summed E-state index contributed by atoms with van der Waals surface area (Å²) in [7, 11) is 0. The summed E-state index contributed by atoms with van der Waals surface area (Å²) in [5.74, 6) is 0.812. The number of carbonyl (C=O) groups excluding carboxylic acids is 1. The van der Waals surface area contributed by atoms with Crippen LogP contribution >= 0.6 is 0 Å². The number of amides is 1. The summed E-state index contributed by atoms with van der Waals surface area (Å²) in [4.78, 5) is 14.3. The lowest BCUT2D eigenvalue weighted by atomic mass is 9.94. The van der Waals surface area contributed by atoms with Crippen LogP contribution in [-0.2, 0) is 17.8 Å². The van der Waals surface area contributed by atoms with Crippen molar-refractivity contribution in [1.82, 2.24) is 19.9 Å². The number of nitrogens with zero attached hydrogens (tertiary/aromatic N) is 4. The fourth-order valence-electron chi connectivity index (χ4n) is 2.97. The highest BCUT2D eigenvalue weighted by Crippen LogP contribution is 2.20. The molecule has 1 amide bonds. The number of likely N-dealkylation sites (tertiary alicyclic amines) is 1. The fourth-order valence-corrected chi connectivity index (χ4v) is 2.97. The van der Waals surface area contributed by atoms with Crippen molar-refractivity contribution in [3.05, 3.63) is 11.9 Å². The van der Waals surface area contributed by atoms with Gasteiger partial charge >= 0.3 is 0 Å². The lowest BCUT2D eigenvalue weighted by Crippen LogP contribution is -2.49. The van der Waals surface area contributed by atoms with Crippen LogP contribution in [0.15, 0.2) is 6.20 Å². The third-order valence-corrected chi connectivity index (χ3v) is 4.87. The molecule has 7 heteroatoms. The molecule has 1 aliphatic rings. The van der Waals surface area contributed by atoms with Crippen molar-refractivity contribution in [2.75, 3.05) is 19.7 Å². The van der Waals surface area contributed by atoms with E-state index in [1.165, 1.54) is 0 Å². The molecule has 1 aromatic heterocycles. The Hall–Kier alpha value is -1.47. The van der Waals surface area contributed by atoms with E-state index in [4.69, 9.17) is 10.8 Å². The summed E-state index contributed by atoms with van der Waals surface area (Å²) >= 11 is 0. The van der Waals surface area contributed by atoms with Crippen molar-refractivity contribution in [3.8, 4) is 0 Å². The van der Waals surface area contributed by atoms with E-state index >= 15 is 0 Å². The second-order valence-electron chi connectivity index (χ2n) is 6.59. The minimum Gasteiger partial charge on any atom is -0.396 e. The van der Waals surface area contributed by atoms with Crippen molar-refractivity contribution in [1.29, 1.82) is 0 Å². The molecule has 1 aromatic rings. The van der Waals surface area contributed by atoms with E-state index < -0.39 is 0 Å². The predicted octanol–water partition coefficient (Wildman–Crippen LogP) is 0.425. The van der Waals surface area contributed by atoms with Crippen LogP contribution in [-0.4, -0.2) is 56.6 Å². The van der Waals surface area contributed by atoms with Gasteiger partial charge in [0.2, 0.25) is 5.91 Å². The maximum atomic E-state index is 12.4. The third kappa shape index (κ3) is 4.75. The van der Waals surface area contributed by atoms with Crippen molar-refractivity contribution >= 4 is 5.91 Å². The molecule has 23 heavy (non-hydrogen) atoms. The smallest absolute Gasteiger partial charge is 0.239 e. The summed E-state index contributed by atoms with van der Waals surface area (Å²) in [6.45, 7) is 6.54. The van der Waals surface area contributed by atoms with Gasteiger partial charge in [-0.05, 0) is 24.7 Å². The van der Waals surface area contributed by atoms with Gasteiger partial charge in [-0.2, -0.15) is 0 Å². The number of nitrogens with two attached hydrogens (primary N) is 1. The molecule has 1 aliphatic heterocycles. The molecule has 2 rings (SSSR count). The Morgan fingerprint density at radius 2 is 2.17 bits per heavy atom. The summed E-state index contributed by atoms with van der Waals surface area (Å²) < 4.78 is 1.85. The minimum atomic E-state index is -0.382. The van der Waals surface area contributed by atoms with E-state index in [2.05, 4.69) is 17.2 Å². The van der Waals surface area contributed by atoms with Gasteiger partial charge in [0.1, 0.15) is 0 Å². The monoisotopic (exact) mass is 323 g/mol. The molecule has 2 atom stereocenters. The second-order valence-corrected chi connectivity index (χ2v) is 6.59. The van der Waals surface area contributed by atoms with E-state index in [1.807, 2.05) is 22.7 Å². The van der Waals surface area contributed by atoms with Crippen molar-refractivity contribution in [2.24, 2.45) is 17.6 Å². The number of aromatic nitrogens is 3. The Labute approximate surface area is 137 Å². The molecule has 0 aromatic carbocycles. The number of rotatable bonds is 7. The van der Waals surface area contributed by atoms with Gasteiger partial charge in [0.25, 0.3) is 0 Å². The van der Waals surface area contributed by atoms with Gasteiger partial charge < -0.3 is 15.7 Å². The Balaban J connectivity index is 1.80. The average molecular weight is 323 g/mol. The first kappa shape index (κ1) is 17.9. The number of carbonyl (C=O) groups is 1. The predicted molar refractivity (Wildman–Crippen MR) is 87.5 cm³/mol. The third-order valence-electron chi connectivity index (χ3n) is 4.87. The van der Waals surface area contributed by atoms with Gasteiger partial charge in [-0.25, -0.2) is 0 Å². The van der Waals surface area contributed by atoms with Gasteiger partial charge in [-0.3, -0.25) is 9.48 Å². The largest absolute Gasteiger partial charge is 0.396 e. The number of hydrogen-bond donors (Lipinski definition) is 2. The molecule has 2 heterocycles. The van der Waals surface area contributed by atoms with Crippen LogP contribution in [0.4, 0.5) is 0 Å². The molecule has 1 saturated heterocycles. The number of aliphatic hydroxyl groups excluding tert-OH is 1. The Bertz CT molecular complexity index is 496. The van der Waals surface area contributed by atoms with Crippen LogP contribution in [0.25, 0.3) is 0 Å². The lowest BCUT2D eigenvalue weighted by molar-refractivity contribution is -0.135. The van der Waals surface area contributed by atoms with Crippen LogP contribution in [0.5, 0.6) is 0 Å².